The van der Waals surface area contributed by atoms with Gasteiger partial charge in [-0.05, 0) is 62.1 Å². The van der Waals surface area contributed by atoms with E-state index >= 15 is 0 Å². The summed E-state index contributed by atoms with van der Waals surface area (Å²) >= 11 is 0. The molecule has 0 amide bonds. The number of hydrogen-bond acceptors (Lipinski definition) is 2. The Hall–Kier alpha value is -0.860. The Morgan fingerprint density at radius 1 is 1.21 bits per heavy atom. The number of rotatable bonds is 6. The Morgan fingerprint density at radius 2 is 1.95 bits per heavy atom. The van der Waals surface area contributed by atoms with E-state index in [2.05, 4.69) is 36.9 Å². The van der Waals surface area contributed by atoms with E-state index in [4.69, 9.17) is 5.73 Å². The molecule has 1 unspecified atom stereocenters. The van der Waals surface area contributed by atoms with E-state index < -0.39 is 0 Å². The highest BCUT2D eigenvalue weighted by Gasteiger charge is 2.37. The smallest absolute Gasteiger partial charge is 0.0476 e. The standard InChI is InChI=1S/C17H26N2/c1-12-4-3-5-16(13(12)2)17(10-18)19(15-8-9-15)11-14-6-7-14/h3-5,14-15,17H,6-11,18H2,1-2H3. The Kier molecular flexibility index (Phi) is 3.64. The topological polar surface area (TPSA) is 29.3 Å². The first kappa shape index (κ1) is 13.1. The third-order valence-corrected chi connectivity index (χ3v) is 4.81. The van der Waals surface area contributed by atoms with Gasteiger partial charge in [0.2, 0.25) is 0 Å². The van der Waals surface area contributed by atoms with Crippen molar-refractivity contribution in [3.63, 3.8) is 0 Å². The molecular formula is C17H26N2. The van der Waals surface area contributed by atoms with Crippen molar-refractivity contribution in [2.75, 3.05) is 13.1 Å². The van der Waals surface area contributed by atoms with Crippen LogP contribution in [0.1, 0.15) is 48.4 Å². The lowest BCUT2D eigenvalue weighted by atomic mass is 9.96. The van der Waals surface area contributed by atoms with Crippen LogP contribution in [0.5, 0.6) is 0 Å². The Labute approximate surface area is 117 Å². The molecular weight excluding hydrogens is 232 g/mol. The number of nitrogens with zero attached hydrogens (tertiary/aromatic N) is 1. The van der Waals surface area contributed by atoms with Crippen molar-refractivity contribution in [3.05, 3.63) is 34.9 Å². The highest BCUT2D eigenvalue weighted by Crippen LogP contribution is 2.40. The van der Waals surface area contributed by atoms with Crippen LogP contribution >= 0.6 is 0 Å². The summed E-state index contributed by atoms with van der Waals surface area (Å²) in [5, 5.41) is 0. The number of hydrogen-bond donors (Lipinski definition) is 1. The van der Waals surface area contributed by atoms with Crippen LogP contribution in [0.2, 0.25) is 0 Å². The predicted molar refractivity (Wildman–Crippen MR) is 80.2 cm³/mol. The largest absolute Gasteiger partial charge is 0.329 e. The molecule has 2 fully saturated rings. The minimum absolute atomic E-state index is 0.424. The third kappa shape index (κ3) is 2.85. The van der Waals surface area contributed by atoms with Gasteiger partial charge in [0, 0.05) is 25.2 Å². The van der Waals surface area contributed by atoms with Gasteiger partial charge in [0.25, 0.3) is 0 Å². The van der Waals surface area contributed by atoms with Gasteiger partial charge in [-0.3, -0.25) is 4.90 Å². The van der Waals surface area contributed by atoms with Crippen LogP contribution in [0, 0.1) is 19.8 Å². The van der Waals surface area contributed by atoms with Gasteiger partial charge in [-0.1, -0.05) is 18.2 Å². The summed E-state index contributed by atoms with van der Waals surface area (Å²) in [7, 11) is 0. The Bertz CT molecular complexity index is 447. The van der Waals surface area contributed by atoms with Crippen LogP contribution in [-0.4, -0.2) is 24.0 Å². The SMILES string of the molecule is Cc1cccc(C(CN)N(CC2CC2)C2CC2)c1C. The Balaban J connectivity index is 1.86. The average Bonchev–Trinajstić information content (AvgIpc) is 3.27. The maximum absolute atomic E-state index is 6.14. The zero-order valence-corrected chi connectivity index (χ0v) is 12.2. The van der Waals surface area contributed by atoms with Crippen LogP contribution in [0.25, 0.3) is 0 Å². The molecule has 1 aromatic carbocycles. The van der Waals surface area contributed by atoms with E-state index in [1.54, 1.807) is 0 Å². The van der Waals surface area contributed by atoms with Crippen LogP contribution in [-0.2, 0) is 0 Å². The van der Waals surface area contributed by atoms with Gasteiger partial charge < -0.3 is 5.73 Å². The summed E-state index contributed by atoms with van der Waals surface area (Å²) in [6, 6.07) is 7.89. The fourth-order valence-corrected chi connectivity index (χ4v) is 3.11. The fourth-order valence-electron chi connectivity index (χ4n) is 3.11. The summed E-state index contributed by atoms with van der Waals surface area (Å²) < 4.78 is 0. The molecule has 0 spiro atoms. The van der Waals surface area contributed by atoms with E-state index in [1.807, 2.05) is 0 Å². The van der Waals surface area contributed by atoms with Crippen molar-refractivity contribution in [2.24, 2.45) is 11.7 Å². The van der Waals surface area contributed by atoms with Crippen LogP contribution in [0.15, 0.2) is 18.2 Å². The second kappa shape index (κ2) is 5.26. The van der Waals surface area contributed by atoms with E-state index in [0.717, 1.165) is 18.5 Å². The van der Waals surface area contributed by atoms with Crippen molar-refractivity contribution in [1.29, 1.82) is 0 Å². The molecule has 0 radical (unpaired) electrons. The molecule has 1 atom stereocenters. The van der Waals surface area contributed by atoms with E-state index in [9.17, 15) is 0 Å². The lowest BCUT2D eigenvalue weighted by Gasteiger charge is -2.32. The summed E-state index contributed by atoms with van der Waals surface area (Å²) in [6.45, 7) is 6.46. The first-order valence-corrected chi connectivity index (χ1v) is 7.72. The molecule has 0 aromatic heterocycles. The molecule has 2 nitrogen and oxygen atoms in total. The van der Waals surface area contributed by atoms with Gasteiger partial charge >= 0.3 is 0 Å². The quantitative estimate of drug-likeness (QED) is 0.849. The molecule has 2 aliphatic carbocycles. The fraction of sp³-hybridized carbons (Fsp3) is 0.647. The monoisotopic (exact) mass is 258 g/mol. The first-order chi connectivity index (χ1) is 9.20. The maximum Gasteiger partial charge on any atom is 0.0476 e. The van der Waals surface area contributed by atoms with Crippen molar-refractivity contribution in [2.45, 2.75) is 51.6 Å². The van der Waals surface area contributed by atoms with Gasteiger partial charge in [-0.15, -0.1) is 0 Å². The number of nitrogens with two attached hydrogens (primary N) is 1. The van der Waals surface area contributed by atoms with E-state index in [-0.39, 0.29) is 0 Å². The predicted octanol–water partition coefficient (Wildman–Crippen LogP) is 3.18. The molecule has 19 heavy (non-hydrogen) atoms. The number of benzene rings is 1. The normalized spacial score (nSPS) is 20.8. The molecule has 2 aliphatic rings. The summed E-state index contributed by atoms with van der Waals surface area (Å²) in [4.78, 5) is 2.71. The van der Waals surface area contributed by atoms with Gasteiger partial charge in [0.1, 0.15) is 0 Å². The second-order valence-corrected chi connectivity index (χ2v) is 6.41. The van der Waals surface area contributed by atoms with Crippen molar-refractivity contribution in [1.82, 2.24) is 4.90 Å². The lowest BCUT2D eigenvalue weighted by Crippen LogP contribution is -2.37. The summed E-state index contributed by atoms with van der Waals surface area (Å²) in [5.41, 5.74) is 10.4. The molecule has 3 rings (SSSR count). The van der Waals surface area contributed by atoms with E-state index in [0.29, 0.717) is 6.04 Å². The summed E-state index contributed by atoms with van der Waals surface area (Å²) in [6.07, 6.45) is 5.59. The number of aryl methyl sites for hydroxylation is 1. The minimum Gasteiger partial charge on any atom is -0.329 e. The molecule has 0 aliphatic heterocycles. The van der Waals surface area contributed by atoms with Crippen LogP contribution in [0.4, 0.5) is 0 Å². The Morgan fingerprint density at radius 3 is 2.53 bits per heavy atom. The molecule has 104 valence electrons. The van der Waals surface area contributed by atoms with Crippen molar-refractivity contribution in [3.8, 4) is 0 Å². The third-order valence-electron chi connectivity index (χ3n) is 4.81. The van der Waals surface area contributed by atoms with Crippen LogP contribution < -0.4 is 5.73 Å². The highest BCUT2D eigenvalue weighted by molar-refractivity contribution is 5.35. The molecule has 1 aromatic rings. The minimum atomic E-state index is 0.424. The highest BCUT2D eigenvalue weighted by atomic mass is 15.2. The molecule has 0 saturated heterocycles. The molecule has 2 saturated carbocycles. The van der Waals surface area contributed by atoms with Gasteiger partial charge in [0.05, 0.1) is 0 Å². The van der Waals surface area contributed by atoms with Gasteiger partial charge in [-0.25, -0.2) is 0 Å². The second-order valence-electron chi connectivity index (χ2n) is 6.41. The van der Waals surface area contributed by atoms with Crippen LogP contribution in [0.3, 0.4) is 0 Å². The van der Waals surface area contributed by atoms with Crippen molar-refractivity contribution >= 4 is 0 Å². The average molecular weight is 258 g/mol. The molecule has 0 bridgehead atoms. The molecule has 2 N–H and O–H groups in total. The van der Waals surface area contributed by atoms with Gasteiger partial charge in [-0.2, -0.15) is 0 Å². The lowest BCUT2D eigenvalue weighted by molar-refractivity contribution is 0.182. The maximum atomic E-state index is 6.14. The zero-order valence-electron chi connectivity index (χ0n) is 12.2. The first-order valence-electron chi connectivity index (χ1n) is 7.72. The van der Waals surface area contributed by atoms with Gasteiger partial charge in [0.15, 0.2) is 0 Å². The van der Waals surface area contributed by atoms with Crippen molar-refractivity contribution < 1.29 is 0 Å². The summed E-state index contributed by atoms with van der Waals surface area (Å²) in [5.74, 6) is 0.944. The molecule has 2 heteroatoms. The molecule has 0 heterocycles. The van der Waals surface area contributed by atoms with E-state index in [1.165, 1.54) is 48.9 Å². The zero-order chi connectivity index (χ0) is 13.4.